The molecule has 1 N–H and O–H groups in total. The summed E-state index contributed by atoms with van der Waals surface area (Å²) in [5.41, 5.74) is 0. The summed E-state index contributed by atoms with van der Waals surface area (Å²) in [5, 5.41) is 12.0. The van der Waals surface area contributed by atoms with Gasteiger partial charge in [0, 0.05) is 5.39 Å². The van der Waals surface area contributed by atoms with Crippen molar-refractivity contribution in [2.45, 2.75) is 32.5 Å². The molecule has 0 heterocycles. The molecule has 2 rings (SSSR count). The van der Waals surface area contributed by atoms with Crippen molar-refractivity contribution in [1.82, 2.24) is 0 Å². The Morgan fingerprint density at radius 2 is 1.82 bits per heavy atom. The molecule has 0 aliphatic heterocycles. The van der Waals surface area contributed by atoms with E-state index in [-0.39, 0.29) is 6.10 Å². The van der Waals surface area contributed by atoms with E-state index in [1.807, 2.05) is 44.2 Å². The summed E-state index contributed by atoms with van der Waals surface area (Å²) in [6.45, 7) is 3.85. The first-order valence-corrected chi connectivity index (χ1v) is 6.05. The van der Waals surface area contributed by atoms with E-state index >= 15 is 0 Å². The average Bonchev–Trinajstić information content (AvgIpc) is 2.38. The second-order valence-corrected chi connectivity index (χ2v) is 4.28. The molecule has 2 aromatic carbocycles. The van der Waals surface area contributed by atoms with E-state index in [0.717, 1.165) is 16.5 Å². The SMILES string of the molecule is CCC(O)C(C)Oc1cccc2ccccc12. The van der Waals surface area contributed by atoms with Gasteiger partial charge in [0.25, 0.3) is 0 Å². The molecular weight excluding hydrogens is 212 g/mol. The third kappa shape index (κ3) is 2.59. The molecule has 0 aromatic heterocycles. The highest BCUT2D eigenvalue weighted by Gasteiger charge is 2.14. The van der Waals surface area contributed by atoms with Gasteiger partial charge in [0.2, 0.25) is 0 Å². The molecule has 2 atom stereocenters. The predicted octanol–water partition coefficient (Wildman–Crippen LogP) is 3.38. The van der Waals surface area contributed by atoms with Gasteiger partial charge in [-0.25, -0.2) is 0 Å². The first-order valence-electron chi connectivity index (χ1n) is 6.05. The summed E-state index contributed by atoms with van der Waals surface area (Å²) in [5.74, 6) is 0.836. The molecule has 2 heteroatoms. The molecular formula is C15H18O2. The Morgan fingerprint density at radius 3 is 2.59 bits per heavy atom. The quantitative estimate of drug-likeness (QED) is 0.872. The van der Waals surface area contributed by atoms with E-state index in [9.17, 15) is 5.11 Å². The summed E-state index contributed by atoms with van der Waals surface area (Å²) in [6.07, 6.45) is 0.0890. The fourth-order valence-corrected chi connectivity index (χ4v) is 1.91. The van der Waals surface area contributed by atoms with Crippen molar-refractivity contribution in [1.29, 1.82) is 0 Å². The van der Waals surface area contributed by atoms with Crippen molar-refractivity contribution in [2.24, 2.45) is 0 Å². The lowest BCUT2D eigenvalue weighted by atomic mass is 10.1. The van der Waals surface area contributed by atoms with Gasteiger partial charge in [-0.3, -0.25) is 0 Å². The highest BCUT2D eigenvalue weighted by Crippen LogP contribution is 2.26. The highest BCUT2D eigenvalue weighted by molar-refractivity contribution is 5.88. The highest BCUT2D eigenvalue weighted by atomic mass is 16.5. The molecule has 0 spiro atoms. The Morgan fingerprint density at radius 1 is 1.12 bits per heavy atom. The van der Waals surface area contributed by atoms with Crippen LogP contribution in [0.2, 0.25) is 0 Å². The number of aliphatic hydroxyl groups is 1. The van der Waals surface area contributed by atoms with Crippen LogP contribution in [0.5, 0.6) is 5.75 Å². The summed E-state index contributed by atoms with van der Waals surface area (Å²) in [6, 6.07) is 14.1. The fraction of sp³-hybridized carbons (Fsp3) is 0.333. The molecule has 0 bridgehead atoms. The number of hydrogen-bond donors (Lipinski definition) is 1. The zero-order valence-corrected chi connectivity index (χ0v) is 10.3. The maximum Gasteiger partial charge on any atom is 0.127 e. The Kier molecular flexibility index (Phi) is 3.64. The standard InChI is InChI=1S/C15H18O2/c1-3-14(16)11(2)17-15-10-6-8-12-7-4-5-9-13(12)15/h4-11,14,16H,3H2,1-2H3. The van der Waals surface area contributed by atoms with Gasteiger partial charge in [-0.2, -0.15) is 0 Å². The van der Waals surface area contributed by atoms with Crippen LogP contribution in [0.1, 0.15) is 20.3 Å². The third-order valence-electron chi connectivity index (χ3n) is 3.02. The summed E-state index contributed by atoms with van der Waals surface area (Å²) >= 11 is 0. The van der Waals surface area contributed by atoms with Gasteiger partial charge in [-0.15, -0.1) is 0 Å². The maximum atomic E-state index is 9.73. The minimum atomic E-state index is -0.422. The minimum Gasteiger partial charge on any atom is -0.487 e. The van der Waals surface area contributed by atoms with Crippen molar-refractivity contribution in [3.05, 3.63) is 42.5 Å². The molecule has 90 valence electrons. The summed E-state index contributed by atoms with van der Waals surface area (Å²) < 4.78 is 5.83. The molecule has 2 nitrogen and oxygen atoms in total. The number of benzene rings is 2. The Balaban J connectivity index is 2.30. The first kappa shape index (κ1) is 11.9. The van der Waals surface area contributed by atoms with Gasteiger partial charge in [-0.1, -0.05) is 43.3 Å². The first-order chi connectivity index (χ1) is 8.22. The minimum absolute atomic E-state index is 0.189. The van der Waals surface area contributed by atoms with Gasteiger partial charge in [-0.05, 0) is 24.8 Å². The average molecular weight is 230 g/mol. The lowest BCUT2D eigenvalue weighted by Gasteiger charge is -2.20. The van der Waals surface area contributed by atoms with Crippen LogP contribution in [0.25, 0.3) is 10.8 Å². The molecule has 0 amide bonds. The smallest absolute Gasteiger partial charge is 0.127 e. The molecule has 0 aliphatic rings. The van der Waals surface area contributed by atoms with E-state index in [4.69, 9.17) is 4.74 Å². The zero-order valence-electron chi connectivity index (χ0n) is 10.3. The van der Waals surface area contributed by atoms with Crippen LogP contribution >= 0.6 is 0 Å². The molecule has 0 radical (unpaired) electrons. The molecule has 0 aliphatic carbocycles. The largest absolute Gasteiger partial charge is 0.487 e. The van der Waals surface area contributed by atoms with Crippen molar-refractivity contribution >= 4 is 10.8 Å². The van der Waals surface area contributed by atoms with Crippen LogP contribution in [-0.4, -0.2) is 17.3 Å². The normalized spacial score (nSPS) is 14.5. The molecule has 17 heavy (non-hydrogen) atoms. The summed E-state index contributed by atoms with van der Waals surface area (Å²) in [4.78, 5) is 0. The topological polar surface area (TPSA) is 29.5 Å². The summed E-state index contributed by atoms with van der Waals surface area (Å²) in [7, 11) is 0. The van der Waals surface area contributed by atoms with Gasteiger partial charge >= 0.3 is 0 Å². The molecule has 0 saturated carbocycles. The van der Waals surface area contributed by atoms with Crippen molar-refractivity contribution < 1.29 is 9.84 Å². The Labute approximate surface area is 102 Å². The monoisotopic (exact) mass is 230 g/mol. The lowest BCUT2D eigenvalue weighted by Crippen LogP contribution is -2.27. The fourth-order valence-electron chi connectivity index (χ4n) is 1.91. The third-order valence-corrected chi connectivity index (χ3v) is 3.02. The maximum absolute atomic E-state index is 9.73. The number of hydrogen-bond acceptors (Lipinski definition) is 2. The van der Waals surface area contributed by atoms with Crippen LogP contribution in [0.4, 0.5) is 0 Å². The van der Waals surface area contributed by atoms with Crippen LogP contribution in [0.3, 0.4) is 0 Å². The number of ether oxygens (including phenoxy) is 1. The van der Waals surface area contributed by atoms with E-state index in [2.05, 4.69) is 12.1 Å². The predicted molar refractivity (Wildman–Crippen MR) is 70.3 cm³/mol. The van der Waals surface area contributed by atoms with E-state index in [0.29, 0.717) is 6.42 Å². The molecule has 2 aromatic rings. The lowest BCUT2D eigenvalue weighted by molar-refractivity contribution is 0.0460. The van der Waals surface area contributed by atoms with Gasteiger partial charge in [0.1, 0.15) is 11.9 Å². The van der Waals surface area contributed by atoms with E-state index in [1.165, 1.54) is 0 Å². The molecule has 0 saturated heterocycles. The molecule has 2 unspecified atom stereocenters. The molecule has 0 fully saturated rings. The second kappa shape index (κ2) is 5.19. The van der Waals surface area contributed by atoms with Gasteiger partial charge in [0.15, 0.2) is 0 Å². The van der Waals surface area contributed by atoms with Gasteiger partial charge < -0.3 is 9.84 Å². The van der Waals surface area contributed by atoms with Crippen molar-refractivity contribution in [3.8, 4) is 5.75 Å². The Bertz CT molecular complexity index is 488. The second-order valence-electron chi connectivity index (χ2n) is 4.28. The number of aliphatic hydroxyl groups excluding tert-OH is 1. The Hall–Kier alpha value is -1.54. The van der Waals surface area contributed by atoms with Crippen LogP contribution in [0.15, 0.2) is 42.5 Å². The van der Waals surface area contributed by atoms with Crippen LogP contribution in [0, 0.1) is 0 Å². The van der Waals surface area contributed by atoms with Crippen molar-refractivity contribution in [3.63, 3.8) is 0 Å². The van der Waals surface area contributed by atoms with Crippen LogP contribution < -0.4 is 4.74 Å². The number of rotatable bonds is 4. The van der Waals surface area contributed by atoms with E-state index in [1.54, 1.807) is 0 Å². The van der Waals surface area contributed by atoms with Crippen molar-refractivity contribution in [2.75, 3.05) is 0 Å². The number of fused-ring (bicyclic) bond motifs is 1. The van der Waals surface area contributed by atoms with Gasteiger partial charge in [0.05, 0.1) is 6.10 Å². The van der Waals surface area contributed by atoms with E-state index < -0.39 is 6.10 Å². The zero-order chi connectivity index (χ0) is 12.3. The van der Waals surface area contributed by atoms with Crippen LogP contribution in [-0.2, 0) is 0 Å².